The van der Waals surface area contributed by atoms with Gasteiger partial charge in [-0.3, -0.25) is 29.5 Å². The van der Waals surface area contributed by atoms with Crippen molar-refractivity contribution in [3.8, 4) is 0 Å². The van der Waals surface area contributed by atoms with Crippen LogP contribution < -0.4 is 10.6 Å². The largest absolute Gasteiger partial charge is 0.320 e. The number of anilines is 2. The van der Waals surface area contributed by atoms with Crippen LogP contribution in [-0.2, 0) is 0 Å². The van der Waals surface area contributed by atoms with Gasteiger partial charge in [0, 0.05) is 12.4 Å². The quantitative estimate of drug-likeness (QED) is 0.226. The van der Waals surface area contributed by atoms with Crippen LogP contribution in [0, 0.1) is 0 Å². The van der Waals surface area contributed by atoms with Gasteiger partial charge in [-0.05, 0) is 60.7 Å². The van der Waals surface area contributed by atoms with Gasteiger partial charge in [0.2, 0.25) is 0 Å². The average Bonchev–Trinajstić information content (AvgIpc) is 3.01. The Kier molecular flexibility index (Phi) is 8.19. The van der Waals surface area contributed by atoms with Crippen molar-refractivity contribution >= 4 is 47.0 Å². The molecule has 0 unspecified atom stereocenters. The van der Waals surface area contributed by atoms with Crippen LogP contribution >= 0.6 is 0 Å². The minimum absolute atomic E-state index is 0.365. The Morgan fingerprint density at radius 3 is 1.35 bits per heavy atom. The predicted molar refractivity (Wildman–Crippen MR) is 158 cm³/mol. The molecule has 0 spiro atoms. The maximum atomic E-state index is 13.3. The van der Waals surface area contributed by atoms with Crippen molar-refractivity contribution < 1.29 is 9.59 Å². The van der Waals surface area contributed by atoms with Crippen LogP contribution in [0.5, 0.6) is 0 Å². The number of carbonyl (C=O) groups is 2. The van der Waals surface area contributed by atoms with Gasteiger partial charge in [0.25, 0.3) is 11.8 Å². The number of nitrogens with zero attached hydrogens (tertiary/aromatic N) is 4. The predicted octanol–water partition coefficient (Wildman–Crippen LogP) is 6.48. The first-order chi connectivity index (χ1) is 19.7. The summed E-state index contributed by atoms with van der Waals surface area (Å²) in [5, 5.41) is 5.80. The maximum Gasteiger partial charge on any atom is 0.257 e. The molecule has 2 heterocycles. The van der Waals surface area contributed by atoms with Crippen LogP contribution in [-0.4, -0.2) is 34.2 Å². The van der Waals surface area contributed by atoms with Gasteiger partial charge in [0.05, 0.1) is 57.7 Å². The van der Waals surface area contributed by atoms with E-state index in [0.29, 0.717) is 45.3 Å². The van der Waals surface area contributed by atoms with E-state index in [0.717, 1.165) is 0 Å². The lowest BCUT2D eigenvalue weighted by Crippen LogP contribution is -2.17. The van der Waals surface area contributed by atoms with Gasteiger partial charge >= 0.3 is 0 Å². The molecule has 0 radical (unpaired) electrons. The lowest BCUT2D eigenvalue weighted by molar-refractivity contribution is 0.101. The van der Waals surface area contributed by atoms with E-state index in [2.05, 4.69) is 30.6 Å². The monoisotopic (exact) mass is 524 g/mol. The number of hydrogen-bond donors (Lipinski definition) is 2. The molecular weight excluding hydrogens is 500 g/mol. The van der Waals surface area contributed by atoms with Gasteiger partial charge < -0.3 is 10.6 Å². The van der Waals surface area contributed by atoms with Gasteiger partial charge in [0.1, 0.15) is 0 Å². The molecule has 5 rings (SSSR count). The van der Waals surface area contributed by atoms with Gasteiger partial charge in [0.15, 0.2) is 0 Å². The molecule has 3 aromatic carbocycles. The molecule has 2 amide bonds. The highest BCUT2D eigenvalue weighted by molar-refractivity contribution is 6.13. The number of aromatic nitrogens is 2. The fourth-order valence-electron chi connectivity index (χ4n) is 3.81. The van der Waals surface area contributed by atoms with Gasteiger partial charge in [-0.2, -0.15) is 0 Å². The average molecular weight is 525 g/mol. The molecule has 40 heavy (non-hydrogen) atoms. The van der Waals surface area contributed by atoms with E-state index in [9.17, 15) is 9.59 Å². The fourth-order valence-corrected chi connectivity index (χ4v) is 3.81. The Morgan fingerprint density at radius 1 is 0.525 bits per heavy atom. The highest BCUT2D eigenvalue weighted by atomic mass is 16.2. The Balaban J connectivity index is 1.34. The summed E-state index contributed by atoms with van der Waals surface area (Å²) < 4.78 is 0. The van der Waals surface area contributed by atoms with Crippen molar-refractivity contribution in [2.75, 3.05) is 10.6 Å². The topological polar surface area (TPSA) is 109 Å². The number of carbonyl (C=O) groups excluding carboxylic acids is 2. The van der Waals surface area contributed by atoms with Crippen molar-refractivity contribution in [3.63, 3.8) is 0 Å². The Hall–Kier alpha value is -5.76. The molecule has 0 fully saturated rings. The highest BCUT2D eigenvalue weighted by Crippen LogP contribution is 2.27. The zero-order chi connectivity index (χ0) is 27.6. The normalized spacial score (nSPS) is 11.0. The second-order valence-electron chi connectivity index (χ2n) is 8.51. The van der Waals surface area contributed by atoms with E-state index in [1.165, 1.54) is 0 Å². The SMILES string of the molecule is O=C(Nc1ccccc1NC(=O)c1ccccc1N=Cc1ccccn1)c1ccccc1N=Cc1ccccn1. The molecule has 0 aliphatic heterocycles. The number of amides is 2. The van der Waals surface area contributed by atoms with E-state index in [-0.39, 0.29) is 11.8 Å². The zero-order valence-electron chi connectivity index (χ0n) is 21.3. The van der Waals surface area contributed by atoms with Crippen LogP contribution in [0.2, 0.25) is 0 Å². The summed E-state index contributed by atoms with van der Waals surface area (Å²) in [4.78, 5) is 44.0. The van der Waals surface area contributed by atoms with Crippen molar-refractivity contribution in [3.05, 3.63) is 144 Å². The summed E-state index contributed by atoms with van der Waals surface area (Å²) in [5.74, 6) is -0.730. The van der Waals surface area contributed by atoms with Crippen molar-refractivity contribution in [2.45, 2.75) is 0 Å². The third kappa shape index (κ3) is 6.56. The molecule has 0 saturated carbocycles. The molecule has 5 aromatic rings. The van der Waals surface area contributed by atoms with Crippen LogP contribution in [0.4, 0.5) is 22.7 Å². The number of pyridine rings is 2. The molecule has 0 aliphatic rings. The summed E-state index contributed by atoms with van der Waals surface area (Å²) >= 11 is 0. The van der Waals surface area contributed by atoms with Crippen LogP contribution in [0.1, 0.15) is 32.1 Å². The van der Waals surface area contributed by atoms with Crippen molar-refractivity contribution in [1.29, 1.82) is 0 Å². The Labute approximate surface area is 231 Å². The van der Waals surface area contributed by atoms with Gasteiger partial charge in [-0.25, -0.2) is 0 Å². The fraction of sp³-hybridized carbons (Fsp3) is 0. The van der Waals surface area contributed by atoms with E-state index in [1.807, 2.05) is 48.5 Å². The first-order valence-electron chi connectivity index (χ1n) is 12.5. The molecule has 2 N–H and O–H groups in total. The number of aliphatic imine (C=N–C) groups is 2. The van der Waals surface area contributed by atoms with E-state index < -0.39 is 0 Å². The first-order valence-corrected chi connectivity index (χ1v) is 12.5. The molecule has 0 aliphatic carbocycles. The molecule has 2 aromatic heterocycles. The van der Waals surface area contributed by atoms with E-state index >= 15 is 0 Å². The van der Waals surface area contributed by atoms with E-state index in [4.69, 9.17) is 0 Å². The first kappa shape index (κ1) is 25.9. The molecule has 194 valence electrons. The Bertz CT molecular complexity index is 1560. The number of rotatable bonds is 8. The second-order valence-corrected chi connectivity index (χ2v) is 8.51. The third-order valence-electron chi connectivity index (χ3n) is 5.77. The molecule has 0 atom stereocenters. The summed E-state index contributed by atoms with van der Waals surface area (Å²) in [6, 6.07) is 32.1. The third-order valence-corrected chi connectivity index (χ3v) is 5.77. The van der Waals surface area contributed by atoms with Gasteiger partial charge in [-0.1, -0.05) is 48.5 Å². The minimum Gasteiger partial charge on any atom is -0.320 e. The number of benzene rings is 3. The maximum absolute atomic E-state index is 13.3. The minimum atomic E-state index is -0.365. The molecule has 8 nitrogen and oxygen atoms in total. The Morgan fingerprint density at radius 2 is 0.925 bits per heavy atom. The summed E-state index contributed by atoms with van der Waals surface area (Å²) in [5.41, 5.74) is 3.98. The molecule has 0 saturated heterocycles. The smallest absolute Gasteiger partial charge is 0.257 e. The van der Waals surface area contributed by atoms with Crippen molar-refractivity contribution in [1.82, 2.24) is 9.97 Å². The lowest BCUT2D eigenvalue weighted by Gasteiger charge is -2.14. The van der Waals surface area contributed by atoms with Crippen LogP contribution in [0.3, 0.4) is 0 Å². The van der Waals surface area contributed by atoms with Crippen molar-refractivity contribution in [2.24, 2.45) is 9.98 Å². The van der Waals surface area contributed by atoms with Crippen LogP contribution in [0.25, 0.3) is 0 Å². The van der Waals surface area contributed by atoms with E-state index in [1.54, 1.807) is 85.5 Å². The van der Waals surface area contributed by atoms with Gasteiger partial charge in [-0.15, -0.1) is 0 Å². The summed E-state index contributed by atoms with van der Waals surface area (Å²) in [6.45, 7) is 0. The molecule has 8 heteroatoms. The number of nitrogens with one attached hydrogen (secondary N) is 2. The highest BCUT2D eigenvalue weighted by Gasteiger charge is 2.16. The number of para-hydroxylation sites is 4. The second kappa shape index (κ2) is 12.7. The number of hydrogen-bond acceptors (Lipinski definition) is 6. The zero-order valence-corrected chi connectivity index (χ0v) is 21.3. The summed E-state index contributed by atoms with van der Waals surface area (Å²) in [7, 11) is 0. The summed E-state index contributed by atoms with van der Waals surface area (Å²) in [6.07, 6.45) is 6.56. The molecular formula is C32H24N6O2. The molecule has 0 bridgehead atoms. The lowest BCUT2D eigenvalue weighted by atomic mass is 10.1. The standard InChI is InChI=1S/C32H24N6O2/c39-31(25-13-1-3-15-27(25)35-21-23-11-7-9-19-33-23)37-29-17-5-6-18-30(29)38-32(40)26-14-2-4-16-28(26)36-22-24-12-8-10-20-34-24/h1-22H,(H,37,39)(H,38,40). The van der Waals surface area contributed by atoms with Crippen LogP contribution in [0.15, 0.2) is 132 Å².